The lowest BCUT2D eigenvalue weighted by atomic mass is 10.2. The highest BCUT2D eigenvalue weighted by molar-refractivity contribution is 5.94. The summed E-state index contributed by atoms with van der Waals surface area (Å²) in [5, 5.41) is 5.86. The summed E-state index contributed by atoms with van der Waals surface area (Å²) in [6.45, 7) is 3.12. The van der Waals surface area contributed by atoms with E-state index < -0.39 is 0 Å². The number of nitrogens with one attached hydrogen (secondary N) is 2. The molecule has 2 aromatic carbocycles. The number of hydrogen-bond acceptors (Lipinski definition) is 3. The van der Waals surface area contributed by atoms with Crippen molar-refractivity contribution >= 4 is 11.8 Å². The summed E-state index contributed by atoms with van der Waals surface area (Å²) in [6.07, 6.45) is 1.79. The van der Waals surface area contributed by atoms with Crippen molar-refractivity contribution in [2.24, 2.45) is 0 Å². The number of carbonyl (C=O) groups excluding carboxylic acids is 2. The number of benzene rings is 2. The number of hydrogen-bond donors (Lipinski definition) is 2. The molecule has 5 heteroatoms. The zero-order valence-electron chi connectivity index (χ0n) is 15.3. The molecule has 0 saturated carbocycles. The van der Waals surface area contributed by atoms with Crippen molar-refractivity contribution < 1.29 is 9.59 Å². The summed E-state index contributed by atoms with van der Waals surface area (Å²) in [6, 6.07) is 18.5. The Labute approximate surface area is 155 Å². The standard InChI is InChI=1S/C21H27N3O2/c1-24(16-8-14-22-20(25)18-10-4-2-5-11-18)17-9-15-23-21(26)19-12-6-3-7-13-19/h2-7,10-13H,8-9,14-17H2,1H3,(H,22,25)(H,23,26). The Morgan fingerprint density at radius 3 is 1.50 bits per heavy atom. The van der Waals surface area contributed by atoms with Crippen LogP contribution in [-0.2, 0) is 0 Å². The Kier molecular flexibility index (Phi) is 8.36. The largest absolute Gasteiger partial charge is 0.352 e. The lowest BCUT2D eigenvalue weighted by molar-refractivity contribution is 0.0945. The monoisotopic (exact) mass is 353 g/mol. The van der Waals surface area contributed by atoms with Crippen molar-refractivity contribution in [3.8, 4) is 0 Å². The third kappa shape index (κ3) is 7.07. The molecule has 138 valence electrons. The van der Waals surface area contributed by atoms with Gasteiger partial charge in [-0.05, 0) is 57.2 Å². The van der Waals surface area contributed by atoms with Gasteiger partial charge in [-0.15, -0.1) is 0 Å². The van der Waals surface area contributed by atoms with Gasteiger partial charge >= 0.3 is 0 Å². The van der Waals surface area contributed by atoms with Gasteiger partial charge in [0.05, 0.1) is 0 Å². The minimum Gasteiger partial charge on any atom is -0.352 e. The van der Waals surface area contributed by atoms with Crippen LogP contribution in [0.25, 0.3) is 0 Å². The SMILES string of the molecule is CN(CCCNC(=O)c1ccccc1)CCCNC(=O)c1ccccc1. The van der Waals surface area contributed by atoms with E-state index in [1.165, 1.54) is 0 Å². The molecule has 2 rings (SSSR count). The summed E-state index contributed by atoms with van der Waals surface area (Å²) < 4.78 is 0. The predicted octanol–water partition coefficient (Wildman–Crippen LogP) is 2.56. The van der Waals surface area contributed by atoms with Gasteiger partial charge in [-0.25, -0.2) is 0 Å². The molecule has 0 fully saturated rings. The van der Waals surface area contributed by atoms with Crippen LogP contribution in [0, 0.1) is 0 Å². The summed E-state index contributed by atoms with van der Waals surface area (Å²) >= 11 is 0. The van der Waals surface area contributed by atoms with E-state index >= 15 is 0 Å². The molecular weight excluding hydrogens is 326 g/mol. The van der Waals surface area contributed by atoms with Crippen LogP contribution in [0.2, 0.25) is 0 Å². The molecule has 0 atom stereocenters. The van der Waals surface area contributed by atoms with Crippen LogP contribution in [0.3, 0.4) is 0 Å². The second-order valence-corrected chi connectivity index (χ2v) is 6.25. The van der Waals surface area contributed by atoms with Gasteiger partial charge in [-0.2, -0.15) is 0 Å². The molecule has 5 nitrogen and oxygen atoms in total. The van der Waals surface area contributed by atoms with Gasteiger partial charge in [-0.3, -0.25) is 9.59 Å². The predicted molar refractivity (Wildman–Crippen MR) is 104 cm³/mol. The highest BCUT2D eigenvalue weighted by Crippen LogP contribution is 1.99. The third-order valence-corrected chi connectivity index (χ3v) is 4.08. The number of amides is 2. The third-order valence-electron chi connectivity index (χ3n) is 4.08. The number of nitrogens with zero attached hydrogens (tertiary/aromatic N) is 1. The van der Waals surface area contributed by atoms with E-state index in [2.05, 4.69) is 22.6 Å². The van der Waals surface area contributed by atoms with Gasteiger partial charge < -0.3 is 15.5 Å². The minimum absolute atomic E-state index is 0.0307. The van der Waals surface area contributed by atoms with Crippen molar-refractivity contribution in [2.75, 3.05) is 33.2 Å². The zero-order valence-corrected chi connectivity index (χ0v) is 15.3. The molecule has 0 bridgehead atoms. The zero-order chi connectivity index (χ0) is 18.6. The van der Waals surface area contributed by atoms with Crippen molar-refractivity contribution in [1.82, 2.24) is 15.5 Å². The van der Waals surface area contributed by atoms with E-state index in [0.29, 0.717) is 24.2 Å². The van der Waals surface area contributed by atoms with Crippen LogP contribution in [0.4, 0.5) is 0 Å². The van der Waals surface area contributed by atoms with Gasteiger partial charge in [0, 0.05) is 24.2 Å². The normalized spacial score (nSPS) is 10.5. The molecule has 0 aliphatic carbocycles. The van der Waals surface area contributed by atoms with Gasteiger partial charge in [0.2, 0.25) is 0 Å². The molecule has 0 radical (unpaired) electrons. The fourth-order valence-electron chi connectivity index (χ4n) is 2.60. The van der Waals surface area contributed by atoms with E-state index in [-0.39, 0.29) is 11.8 Å². The highest BCUT2D eigenvalue weighted by Gasteiger charge is 2.05. The molecule has 0 unspecified atom stereocenters. The van der Waals surface area contributed by atoms with Crippen LogP contribution in [0.15, 0.2) is 60.7 Å². The fraction of sp³-hybridized carbons (Fsp3) is 0.333. The molecule has 0 aromatic heterocycles. The molecule has 26 heavy (non-hydrogen) atoms. The molecule has 0 spiro atoms. The molecule has 2 amide bonds. The Hall–Kier alpha value is -2.66. The first-order chi connectivity index (χ1) is 12.7. The van der Waals surface area contributed by atoms with Crippen molar-refractivity contribution in [3.05, 3.63) is 71.8 Å². The maximum Gasteiger partial charge on any atom is 0.251 e. The van der Waals surface area contributed by atoms with E-state index in [4.69, 9.17) is 0 Å². The van der Waals surface area contributed by atoms with Gasteiger partial charge in [0.1, 0.15) is 0 Å². The highest BCUT2D eigenvalue weighted by atomic mass is 16.2. The molecule has 0 aliphatic rings. The second-order valence-electron chi connectivity index (χ2n) is 6.25. The Morgan fingerprint density at radius 2 is 1.12 bits per heavy atom. The van der Waals surface area contributed by atoms with Gasteiger partial charge in [0.25, 0.3) is 11.8 Å². The van der Waals surface area contributed by atoms with Crippen molar-refractivity contribution in [1.29, 1.82) is 0 Å². The first kappa shape index (κ1) is 19.7. The lowest BCUT2D eigenvalue weighted by Gasteiger charge is -2.16. The average Bonchev–Trinajstić information content (AvgIpc) is 2.69. The summed E-state index contributed by atoms with van der Waals surface area (Å²) in [7, 11) is 2.05. The van der Waals surface area contributed by atoms with E-state index in [1.807, 2.05) is 60.7 Å². The molecular formula is C21H27N3O2. The van der Waals surface area contributed by atoms with Crippen molar-refractivity contribution in [2.45, 2.75) is 12.8 Å². The minimum atomic E-state index is -0.0307. The first-order valence-corrected chi connectivity index (χ1v) is 9.02. The Morgan fingerprint density at radius 1 is 0.731 bits per heavy atom. The van der Waals surface area contributed by atoms with Crippen LogP contribution in [-0.4, -0.2) is 49.9 Å². The average molecular weight is 353 g/mol. The molecule has 2 aromatic rings. The Bertz CT molecular complexity index is 615. The smallest absolute Gasteiger partial charge is 0.251 e. The molecule has 2 N–H and O–H groups in total. The van der Waals surface area contributed by atoms with Gasteiger partial charge in [-0.1, -0.05) is 36.4 Å². The molecule has 0 saturated heterocycles. The number of carbonyl (C=O) groups is 2. The summed E-state index contributed by atoms with van der Waals surface area (Å²) in [5.74, 6) is -0.0613. The lowest BCUT2D eigenvalue weighted by Crippen LogP contribution is -2.30. The number of rotatable bonds is 10. The Balaban J connectivity index is 1.52. The maximum atomic E-state index is 11.9. The van der Waals surface area contributed by atoms with Crippen LogP contribution in [0.5, 0.6) is 0 Å². The second kappa shape index (κ2) is 11.1. The molecule has 0 aliphatic heterocycles. The van der Waals surface area contributed by atoms with Crippen LogP contribution < -0.4 is 10.6 Å². The van der Waals surface area contributed by atoms with Crippen LogP contribution in [0.1, 0.15) is 33.6 Å². The topological polar surface area (TPSA) is 61.4 Å². The fourth-order valence-corrected chi connectivity index (χ4v) is 2.60. The van der Waals surface area contributed by atoms with Crippen molar-refractivity contribution in [3.63, 3.8) is 0 Å². The van der Waals surface area contributed by atoms with E-state index in [0.717, 1.165) is 25.9 Å². The van der Waals surface area contributed by atoms with Crippen LogP contribution >= 0.6 is 0 Å². The molecule has 0 heterocycles. The maximum absolute atomic E-state index is 11.9. The quantitative estimate of drug-likeness (QED) is 0.646. The van der Waals surface area contributed by atoms with Gasteiger partial charge in [0.15, 0.2) is 0 Å². The summed E-state index contributed by atoms with van der Waals surface area (Å²) in [5.41, 5.74) is 1.38. The van der Waals surface area contributed by atoms with E-state index in [9.17, 15) is 9.59 Å². The first-order valence-electron chi connectivity index (χ1n) is 9.02. The summed E-state index contributed by atoms with van der Waals surface area (Å²) in [4.78, 5) is 26.0. The van der Waals surface area contributed by atoms with E-state index in [1.54, 1.807) is 0 Å².